The molecule has 0 radical (unpaired) electrons. The van der Waals surface area contributed by atoms with E-state index in [1.807, 2.05) is 0 Å². The van der Waals surface area contributed by atoms with E-state index in [0.29, 0.717) is 0 Å². The van der Waals surface area contributed by atoms with Gasteiger partial charge in [0.1, 0.15) is 36.2 Å². The highest BCUT2D eigenvalue weighted by Gasteiger charge is 2.51. The van der Waals surface area contributed by atoms with Crippen molar-refractivity contribution in [1.29, 1.82) is 0 Å². The number of aromatic nitrogens is 4. The molecule has 218 valence electrons. The number of hydrogen-bond acceptors (Lipinski definition) is 13. The molecule has 2 aromatic heterocycles. The molecule has 0 spiro atoms. The zero-order valence-electron chi connectivity index (χ0n) is 22.8. The summed E-state index contributed by atoms with van der Waals surface area (Å²) in [5, 5.41) is 12.0. The second-order valence-corrected chi connectivity index (χ2v) is 9.90. The molecule has 0 bridgehead atoms. The third-order valence-electron chi connectivity index (χ3n) is 5.44. The summed E-state index contributed by atoms with van der Waals surface area (Å²) in [5.74, 6) is -3.31. The molecule has 5 atom stereocenters. The lowest BCUT2D eigenvalue weighted by molar-refractivity contribution is -0.166. The molecule has 1 aliphatic rings. The Labute approximate surface area is 228 Å². The molecule has 16 heteroatoms. The molecule has 3 heterocycles. The number of aliphatic carboxylic acids is 1. The van der Waals surface area contributed by atoms with Crippen LogP contribution in [-0.4, -0.2) is 91.2 Å². The average molecular weight is 566 g/mol. The highest BCUT2D eigenvalue weighted by Crippen LogP contribution is 2.36. The van der Waals surface area contributed by atoms with Gasteiger partial charge in [0.15, 0.2) is 24.1 Å². The van der Waals surface area contributed by atoms with Crippen LogP contribution in [0.3, 0.4) is 0 Å². The van der Waals surface area contributed by atoms with Crippen molar-refractivity contribution < 1.29 is 52.8 Å². The van der Waals surface area contributed by atoms with Crippen LogP contribution in [0.5, 0.6) is 0 Å². The molecule has 40 heavy (non-hydrogen) atoms. The van der Waals surface area contributed by atoms with Gasteiger partial charge in [-0.3, -0.25) is 19.0 Å². The predicted octanol–water partition coefficient (Wildman–Crippen LogP) is 0.671. The predicted molar refractivity (Wildman–Crippen MR) is 131 cm³/mol. The molecule has 2 N–H and O–H groups in total. The topological polar surface area (TPSA) is 207 Å². The van der Waals surface area contributed by atoms with Crippen LogP contribution in [0.2, 0.25) is 0 Å². The minimum Gasteiger partial charge on any atom is -0.480 e. The normalized spacial score (nSPS) is 21.4. The average Bonchev–Trinajstić information content (AvgIpc) is 3.37. The third kappa shape index (κ3) is 7.62. The van der Waals surface area contributed by atoms with Crippen molar-refractivity contribution in [1.82, 2.24) is 24.8 Å². The number of carbonyl (C=O) groups excluding carboxylic acids is 4. The minimum absolute atomic E-state index is 0.170. The van der Waals surface area contributed by atoms with E-state index in [-0.39, 0.29) is 29.9 Å². The van der Waals surface area contributed by atoms with Crippen LogP contribution < -0.4 is 5.32 Å². The maximum absolute atomic E-state index is 12.2. The van der Waals surface area contributed by atoms with Crippen LogP contribution in [-0.2, 0) is 49.3 Å². The summed E-state index contributed by atoms with van der Waals surface area (Å²) >= 11 is 0. The first-order valence-corrected chi connectivity index (χ1v) is 12.2. The number of carboxylic acid groups (broad SMARTS) is 1. The molecular formula is C24H31N5O11. The summed E-state index contributed by atoms with van der Waals surface area (Å²) in [7, 11) is 0. The molecule has 1 saturated heterocycles. The summed E-state index contributed by atoms with van der Waals surface area (Å²) < 4.78 is 28.4. The number of alkyl carbamates (subject to hydrolysis) is 1. The second-order valence-electron chi connectivity index (χ2n) is 9.90. The number of nitrogens with zero attached hydrogens (tertiary/aromatic N) is 4. The van der Waals surface area contributed by atoms with Gasteiger partial charge in [-0.05, 0) is 20.8 Å². The van der Waals surface area contributed by atoms with Gasteiger partial charge in [0.25, 0.3) is 0 Å². The zero-order valence-corrected chi connectivity index (χ0v) is 22.8. The van der Waals surface area contributed by atoms with E-state index in [4.69, 9.17) is 23.7 Å². The van der Waals surface area contributed by atoms with E-state index in [0.717, 1.165) is 20.2 Å². The van der Waals surface area contributed by atoms with E-state index >= 15 is 0 Å². The molecule has 3 rings (SSSR count). The first-order valence-electron chi connectivity index (χ1n) is 12.2. The Bertz CT molecular complexity index is 1290. The van der Waals surface area contributed by atoms with E-state index in [1.54, 1.807) is 20.8 Å². The van der Waals surface area contributed by atoms with Crippen molar-refractivity contribution in [3.05, 3.63) is 18.3 Å². The van der Waals surface area contributed by atoms with Crippen molar-refractivity contribution in [2.24, 2.45) is 0 Å². The fraction of sp³-hybridized carbons (Fsp3) is 0.583. The SMILES string of the molecule is CC(=O)OC[C@H]1O[C@@H](n2cnc3c(C[C@H](NC(=O)OC(C)(C)C)C(=O)O)ncnc32)[C@H](OC(C)=O)[C@@H]1OC(C)=O. The van der Waals surface area contributed by atoms with Crippen molar-refractivity contribution in [2.75, 3.05) is 6.61 Å². The van der Waals surface area contributed by atoms with Gasteiger partial charge in [-0.15, -0.1) is 0 Å². The van der Waals surface area contributed by atoms with Gasteiger partial charge in [-0.1, -0.05) is 0 Å². The monoisotopic (exact) mass is 565 g/mol. The summed E-state index contributed by atoms with van der Waals surface area (Å²) in [6, 6.07) is -1.41. The van der Waals surface area contributed by atoms with E-state index in [2.05, 4.69) is 20.3 Å². The first-order chi connectivity index (χ1) is 18.7. The summed E-state index contributed by atoms with van der Waals surface area (Å²) in [4.78, 5) is 71.9. The van der Waals surface area contributed by atoms with Gasteiger partial charge in [0.05, 0.1) is 12.0 Å². The lowest BCUT2D eigenvalue weighted by Gasteiger charge is -2.23. The second kappa shape index (κ2) is 12.2. The van der Waals surface area contributed by atoms with Crippen molar-refractivity contribution in [3.8, 4) is 0 Å². The number of ether oxygens (including phenoxy) is 5. The van der Waals surface area contributed by atoms with Gasteiger partial charge in [0, 0.05) is 27.2 Å². The number of imidazole rings is 1. The summed E-state index contributed by atoms with van der Waals surface area (Å²) in [5.41, 5.74) is -0.312. The molecule has 0 aliphatic carbocycles. The minimum atomic E-state index is -1.41. The Kier molecular flexibility index (Phi) is 9.24. The largest absolute Gasteiger partial charge is 0.480 e. The standard InChI is InChI=1S/C24H31N5O11/c1-11(30)36-8-16-18(37-12(2)31)19(38-13(3)32)21(39-16)29-10-27-17-14(25-9-26-20(17)29)7-15(22(33)34)28-23(35)40-24(4,5)6/h9-10,15-16,18-19,21H,7-8H2,1-6H3,(H,28,35)(H,33,34)/t15-,16+,18+,19+,21+/m0/s1. The Morgan fingerprint density at radius 1 is 1.02 bits per heavy atom. The smallest absolute Gasteiger partial charge is 0.408 e. The highest BCUT2D eigenvalue weighted by molar-refractivity contribution is 5.81. The molecular weight excluding hydrogens is 534 g/mol. The molecule has 2 aromatic rings. The number of carbonyl (C=O) groups is 5. The molecule has 0 unspecified atom stereocenters. The number of rotatable bonds is 9. The van der Waals surface area contributed by atoms with Gasteiger partial charge in [0.2, 0.25) is 0 Å². The quantitative estimate of drug-likeness (QED) is 0.316. The summed E-state index contributed by atoms with van der Waals surface area (Å²) in [6.07, 6.45) is -3.17. The summed E-state index contributed by atoms with van der Waals surface area (Å²) in [6.45, 7) is 8.14. The van der Waals surface area contributed by atoms with E-state index in [1.165, 1.54) is 17.8 Å². The first kappa shape index (κ1) is 30.2. The number of carboxylic acids is 1. The number of esters is 3. The molecule has 1 fully saturated rings. The molecule has 16 nitrogen and oxygen atoms in total. The maximum atomic E-state index is 12.2. The molecule has 0 saturated carbocycles. The lowest BCUT2D eigenvalue weighted by atomic mass is 10.1. The Morgan fingerprint density at radius 3 is 2.25 bits per heavy atom. The lowest BCUT2D eigenvalue weighted by Crippen LogP contribution is -2.44. The van der Waals surface area contributed by atoms with Crippen LogP contribution in [0.4, 0.5) is 4.79 Å². The van der Waals surface area contributed by atoms with Crippen LogP contribution >= 0.6 is 0 Å². The number of amides is 1. The number of hydrogen-bond donors (Lipinski definition) is 2. The van der Waals surface area contributed by atoms with Gasteiger partial charge < -0.3 is 34.1 Å². The third-order valence-corrected chi connectivity index (χ3v) is 5.44. The number of nitrogens with one attached hydrogen (secondary N) is 1. The highest BCUT2D eigenvalue weighted by atomic mass is 16.7. The fourth-order valence-electron chi connectivity index (χ4n) is 4.00. The fourth-order valence-corrected chi connectivity index (χ4v) is 4.00. The molecule has 1 aliphatic heterocycles. The maximum Gasteiger partial charge on any atom is 0.408 e. The molecule has 1 amide bonds. The van der Waals surface area contributed by atoms with Gasteiger partial charge >= 0.3 is 30.0 Å². The Balaban J connectivity index is 1.95. The van der Waals surface area contributed by atoms with E-state index in [9.17, 15) is 29.1 Å². The Morgan fingerprint density at radius 2 is 1.68 bits per heavy atom. The Hall–Kier alpha value is -4.34. The van der Waals surface area contributed by atoms with Gasteiger partial charge in [-0.2, -0.15) is 0 Å². The van der Waals surface area contributed by atoms with Crippen molar-refractivity contribution in [2.45, 2.75) is 84.1 Å². The zero-order chi connectivity index (χ0) is 29.8. The van der Waals surface area contributed by atoms with Crippen LogP contribution in [0.15, 0.2) is 12.7 Å². The van der Waals surface area contributed by atoms with Gasteiger partial charge in [-0.25, -0.2) is 24.5 Å². The van der Waals surface area contributed by atoms with Crippen molar-refractivity contribution in [3.63, 3.8) is 0 Å². The van der Waals surface area contributed by atoms with Crippen LogP contribution in [0.1, 0.15) is 53.5 Å². The van der Waals surface area contributed by atoms with Crippen molar-refractivity contribution >= 4 is 41.1 Å². The molecule has 0 aromatic carbocycles. The van der Waals surface area contributed by atoms with Crippen LogP contribution in [0, 0.1) is 0 Å². The van der Waals surface area contributed by atoms with Crippen LogP contribution in [0.25, 0.3) is 11.2 Å². The van der Waals surface area contributed by atoms with E-state index < -0.39 is 66.2 Å². The number of fused-ring (bicyclic) bond motifs is 1.